The fourth-order valence-corrected chi connectivity index (χ4v) is 2.65. The number of halogens is 1. The number of aromatic nitrogens is 2. The van der Waals surface area contributed by atoms with E-state index in [1.165, 1.54) is 11.3 Å². The zero-order valence-corrected chi connectivity index (χ0v) is 9.52. The highest BCUT2D eigenvalue weighted by atomic mass is 79.9. The van der Waals surface area contributed by atoms with Gasteiger partial charge in [0.15, 0.2) is 8.92 Å². The first kappa shape index (κ1) is 9.51. The monoisotopic (exact) mass is 264 g/mol. The molecule has 1 aliphatic heterocycles. The van der Waals surface area contributed by atoms with Gasteiger partial charge in [-0.1, -0.05) is 11.3 Å². The van der Waals surface area contributed by atoms with Crippen LogP contribution in [-0.2, 0) is 15.1 Å². The smallest absolute Gasteiger partial charge is 0.183 e. The number of hydrogen-bond acceptors (Lipinski definition) is 5. The molecule has 1 fully saturated rings. The van der Waals surface area contributed by atoms with Crippen LogP contribution in [0.2, 0.25) is 0 Å². The molecule has 72 valence electrons. The summed E-state index contributed by atoms with van der Waals surface area (Å²) in [6.07, 6.45) is 0.852. The molecule has 0 bridgehead atoms. The number of rotatable bonds is 2. The molecular weight excluding hydrogens is 256 g/mol. The van der Waals surface area contributed by atoms with E-state index in [-0.39, 0.29) is 5.60 Å². The predicted molar refractivity (Wildman–Crippen MR) is 51.7 cm³/mol. The highest BCUT2D eigenvalue weighted by Crippen LogP contribution is 2.36. The van der Waals surface area contributed by atoms with Crippen LogP contribution >= 0.6 is 27.3 Å². The van der Waals surface area contributed by atoms with Crippen molar-refractivity contribution in [1.29, 1.82) is 0 Å². The van der Waals surface area contributed by atoms with Crippen molar-refractivity contribution in [1.82, 2.24) is 10.2 Å². The van der Waals surface area contributed by atoms with Gasteiger partial charge in [0.05, 0.1) is 6.61 Å². The molecule has 0 spiro atoms. The average molecular weight is 265 g/mol. The van der Waals surface area contributed by atoms with Gasteiger partial charge in [0.25, 0.3) is 0 Å². The molecule has 1 saturated heterocycles. The molecule has 13 heavy (non-hydrogen) atoms. The Balaban J connectivity index is 2.30. The molecule has 4 nitrogen and oxygen atoms in total. The minimum Gasteiger partial charge on any atom is -0.378 e. The summed E-state index contributed by atoms with van der Waals surface area (Å²) in [5.74, 6) is 0. The quantitative estimate of drug-likeness (QED) is 0.814. The van der Waals surface area contributed by atoms with Gasteiger partial charge in [-0.2, -0.15) is 0 Å². The molecule has 2 rings (SSSR count). The molecular formula is C7H9BrN2O2S. The molecule has 1 atom stereocenters. The Morgan fingerprint density at radius 1 is 1.62 bits per heavy atom. The standard InChI is InChI=1S/C7H9BrN2O2S/c1-11-7(2-3-12-4-7)5-9-10-6(8)13-5/h2-4H2,1H3. The van der Waals surface area contributed by atoms with Crippen molar-refractivity contribution in [2.75, 3.05) is 20.3 Å². The molecule has 0 aliphatic carbocycles. The van der Waals surface area contributed by atoms with Crippen LogP contribution in [0, 0.1) is 0 Å². The Bertz CT molecular complexity index is 298. The van der Waals surface area contributed by atoms with Crippen molar-refractivity contribution in [2.24, 2.45) is 0 Å². The highest BCUT2D eigenvalue weighted by molar-refractivity contribution is 9.11. The third kappa shape index (κ3) is 1.63. The van der Waals surface area contributed by atoms with E-state index in [2.05, 4.69) is 26.1 Å². The molecule has 1 aromatic rings. The average Bonchev–Trinajstić information content (AvgIpc) is 2.73. The Kier molecular flexibility index (Phi) is 2.64. The molecule has 1 aromatic heterocycles. The van der Waals surface area contributed by atoms with Crippen molar-refractivity contribution in [3.05, 3.63) is 8.92 Å². The van der Waals surface area contributed by atoms with Crippen LogP contribution in [0.3, 0.4) is 0 Å². The van der Waals surface area contributed by atoms with E-state index in [1.54, 1.807) is 7.11 Å². The van der Waals surface area contributed by atoms with E-state index in [0.29, 0.717) is 6.61 Å². The summed E-state index contributed by atoms with van der Waals surface area (Å²) in [6, 6.07) is 0. The molecule has 2 heterocycles. The summed E-state index contributed by atoms with van der Waals surface area (Å²) >= 11 is 4.78. The van der Waals surface area contributed by atoms with Crippen LogP contribution in [0.15, 0.2) is 3.92 Å². The van der Waals surface area contributed by atoms with Crippen LogP contribution in [-0.4, -0.2) is 30.5 Å². The normalized spacial score (nSPS) is 28.2. The van der Waals surface area contributed by atoms with Crippen molar-refractivity contribution in [3.8, 4) is 0 Å². The summed E-state index contributed by atoms with van der Waals surface area (Å²) in [6.45, 7) is 1.30. The van der Waals surface area contributed by atoms with E-state index < -0.39 is 0 Å². The summed E-state index contributed by atoms with van der Waals surface area (Å²) in [5, 5.41) is 8.85. The van der Waals surface area contributed by atoms with Crippen LogP contribution < -0.4 is 0 Å². The zero-order chi connectivity index (χ0) is 9.31. The van der Waals surface area contributed by atoms with Crippen molar-refractivity contribution in [2.45, 2.75) is 12.0 Å². The Hall–Kier alpha value is -0.0400. The maximum atomic E-state index is 5.46. The van der Waals surface area contributed by atoms with Crippen molar-refractivity contribution >= 4 is 27.3 Å². The summed E-state index contributed by atoms with van der Waals surface area (Å²) in [4.78, 5) is 0. The first-order valence-corrected chi connectivity index (χ1v) is 5.50. The second-order valence-corrected chi connectivity index (χ2v) is 5.11. The number of ether oxygens (including phenoxy) is 2. The van der Waals surface area contributed by atoms with E-state index in [0.717, 1.165) is 22.0 Å². The summed E-state index contributed by atoms with van der Waals surface area (Å²) in [7, 11) is 1.68. The third-order valence-electron chi connectivity index (χ3n) is 2.17. The Morgan fingerprint density at radius 3 is 2.92 bits per heavy atom. The molecule has 1 aliphatic rings. The van der Waals surface area contributed by atoms with Gasteiger partial charge in [0.2, 0.25) is 0 Å². The van der Waals surface area contributed by atoms with Crippen LogP contribution in [0.4, 0.5) is 0 Å². The SMILES string of the molecule is COC1(c2nnc(Br)s2)CCOC1. The molecule has 1 unspecified atom stereocenters. The van der Waals surface area contributed by atoms with Gasteiger partial charge in [-0.3, -0.25) is 0 Å². The molecule has 0 radical (unpaired) electrons. The van der Waals surface area contributed by atoms with Crippen LogP contribution in [0.5, 0.6) is 0 Å². The van der Waals surface area contributed by atoms with E-state index in [1.807, 2.05) is 0 Å². The second kappa shape index (κ2) is 3.61. The van der Waals surface area contributed by atoms with Gasteiger partial charge in [0.1, 0.15) is 5.60 Å². The first-order chi connectivity index (χ1) is 6.27. The zero-order valence-electron chi connectivity index (χ0n) is 7.12. The van der Waals surface area contributed by atoms with Gasteiger partial charge in [-0.15, -0.1) is 10.2 Å². The minimum absolute atomic E-state index is 0.357. The van der Waals surface area contributed by atoms with E-state index >= 15 is 0 Å². The summed E-state index contributed by atoms with van der Waals surface area (Å²) in [5.41, 5.74) is -0.357. The van der Waals surface area contributed by atoms with Gasteiger partial charge in [-0.05, 0) is 15.9 Å². The molecule has 0 N–H and O–H groups in total. The molecule has 0 amide bonds. The lowest BCUT2D eigenvalue weighted by molar-refractivity contribution is -0.0219. The van der Waals surface area contributed by atoms with Crippen LogP contribution in [0.25, 0.3) is 0 Å². The van der Waals surface area contributed by atoms with Crippen molar-refractivity contribution < 1.29 is 9.47 Å². The largest absolute Gasteiger partial charge is 0.378 e. The molecule has 0 saturated carbocycles. The topological polar surface area (TPSA) is 44.2 Å². The maximum Gasteiger partial charge on any atom is 0.183 e. The van der Waals surface area contributed by atoms with Gasteiger partial charge >= 0.3 is 0 Å². The van der Waals surface area contributed by atoms with Crippen molar-refractivity contribution in [3.63, 3.8) is 0 Å². The van der Waals surface area contributed by atoms with Crippen LogP contribution in [0.1, 0.15) is 11.4 Å². The number of methoxy groups -OCH3 is 1. The lowest BCUT2D eigenvalue weighted by Crippen LogP contribution is -2.28. The lowest BCUT2D eigenvalue weighted by Gasteiger charge is -2.21. The minimum atomic E-state index is -0.357. The van der Waals surface area contributed by atoms with Gasteiger partial charge in [0, 0.05) is 20.1 Å². The second-order valence-electron chi connectivity index (χ2n) is 2.86. The third-order valence-corrected chi connectivity index (χ3v) is 3.71. The van der Waals surface area contributed by atoms with E-state index in [4.69, 9.17) is 9.47 Å². The lowest BCUT2D eigenvalue weighted by atomic mass is 10.1. The Morgan fingerprint density at radius 2 is 2.46 bits per heavy atom. The first-order valence-electron chi connectivity index (χ1n) is 3.89. The molecule has 0 aromatic carbocycles. The predicted octanol–water partition coefficient (Wildman–Crippen LogP) is 1.56. The maximum absolute atomic E-state index is 5.46. The number of nitrogens with zero attached hydrogens (tertiary/aromatic N) is 2. The fraction of sp³-hybridized carbons (Fsp3) is 0.714. The number of hydrogen-bond donors (Lipinski definition) is 0. The highest BCUT2D eigenvalue weighted by Gasteiger charge is 2.40. The van der Waals surface area contributed by atoms with Gasteiger partial charge < -0.3 is 9.47 Å². The van der Waals surface area contributed by atoms with Gasteiger partial charge in [-0.25, -0.2) is 0 Å². The summed E-state index contributed by atoms with van der Waals surface area (Å²) < 4.78 is 11.6. The fourth-order valence-electron chi connectivity index (χ4n) is 1.35. The molecule has 6 heteroatoms. The van der Waals surface area contributed by atoms with E-state index in [9.17, 15) is 0 Å². The Labute approximate surface area is 88.4 Å².